The Kier molecular flexibility index (Phi) is 1.43. The summed E-state index contributed by atoms with van der Waals surface area (Å²) in [4.78, 5) is 8.94. The van der Waals surface area contributed by atoms with Crippen molar-refractivity contribution in [2.24, 2.45) is 0 Å². The predicted molar refractivity (Wildman–Crippen MR) is 55.5 cm³/mol. The second-order valence-corrected chi connectivity index (χ2v) is 3.12. The molecule has 0 bridgehead atoms. The number of para-hydroxylation sites is 2. The Morgan fingerprint density at radius 1 is 1.00 bits per heavy atom. The lowest BCUT2D eigenvalue weighted by Gasteiger charge is -1.97. The molecule has 14 heavy (non-hydrogen) atoms. The van der Waals surface area contributed by atoms with Crippen LogP contribution in [0.2, 0.25) is 0 Å². The van der Waals surface area contributed by atoms with Crippen LogP contribution in [0.25, 0.3) is 17.1 Å². The molecule has 0 spiro atoms. The molecule has 0 aliphatic heterocycles. The Hall–Kier alpha value is -2.05. The highest BCUT2D eigenvalue weighted by Crippen LogP contribution is 2.16. The van der Waals surface area contributed by atoms with Gasteiger partial charge < -0.3 is 0 Å². The van der Waals surface area contributed by atoms with Gasteiger partial charge in [0, 0.05) is 0 Å². The maximum Gasteiger partial charge on any atom is 0.256 e. The molecule has 1 aliphatic carbocycles. The van der Waals surface area contributed by atoms with E-state index in [1.165, 1.54) is 0 Å². The molecular weight excluding hydrogens is 172 g/mol. The zero-order chi connectivity index (χ0) is 9.38. The van der Waals surface area contributed by atoms with Crippen molar-refractivity contribution in [3.8, 4) is 0 Å². The molecule has 2 nitrogen and oxygen atoms in total. The van der Waals surface area contributed by atoms with Crippen LogP contribution in [0.3, 0.4) is 0 Å². The number of fused-ring (bicyclic) bond motifs is 2. The molecule has 1 aromatic heterocycles. The number of aromatic nitrogens is 2. The molecule has 0 radical (unpaired) electrons. The van der Waals surface area contributed by atoms with Crippen molar-refractivity contribution >= 4 is 17.1 Å². The van der Waals surface area contributed by atoms with Crippen LogP contribution in [0.4, 0.5) is 0 Å². The molecule has 64 valence electrons. The van der Waals surface area contributed by atoms with Crippen molar-refractivity contribution in [1.29, 1.82) is 0 Å². The average Bonchev–Trinajstić information content (AvgIpc) is 2.26. The van der Waals surface area contributed by atoms with E-state index >= 15 is 0 Å². The lowest BCUT2D eigenvalue weighted by atomic mass is 10.2. The molecular formula is C12H7N2+. The molecule has 0 fully saturated rings. The first-order valence-electron chi connectivity index (χ1n) is 4.47. The fourth-order valence-corrected chi connectivity index (χ4v) is 1.50. The summed E-state index contributed by atoms with van der Waals surface area (Å²) in [6.45, 7) is 0. The van der Waals surface area contributed by atoms with E-state index in [1.54, 1.807) is 0 Å². The Bertz CT molecular complexity index is 503. The van der Waals surface area contributed by atoms with Crippen LogP contribution in [0.5, 0.6) is 0 Å². The van der Waals surface area contributed by atoms with Gasteiger partial charge in [-0.25, -0.2) is 4.98 Å². The highest BCUT2D eigenvalue weighted by molar-refractivity contribution is 5.76. The second kappa shape index (κ2) is 2.72. The monoisotopic (exact) mass is 179 g/mol. The molecule has 0 saturated carbocycles. The van der Waals surface area contributed by atoms with Gasteiger partial charge in [-0.1, -0.05) is 12.1 Å². The summed E-state index contributed by atoms with van der Waals surface area (Å²) in [7, 11) is 0. The van der Waals surface area contributed by atoms with E-state index in [1.807, 2.05) is 42.5 Å². The van der Waals surface area contributed by atoms with Gasteiger partial charge in [-0.05, 0) is 12.1 Å². The van der Waals surface area contributed by atoms with Gasteiger partial charge in [-0.15, -0.1) is 0 Å². The van der Waals surface area contributed by atoms with Crippen molar-refractivity contribution in [2.75, 3.05) is 0 Å². The molecule has 0 unspecified atom stereocenters. The SMILES string of the molecule is [C+]1=CC=Cc2nc3ccccc3nc21. The maximum atomic E-state index is 4.48. The molecule has 2 heteroatoms. The van der Waals surface area contributed by atoms with Crippen LogP contribution in [0.15, 0.2) is 36.4 Å². The van der Waals surface area contributed by atoms with E-state index < -0.39 is 0 Å². The summed E-state index contributed by atoms with van der Waals surface area (Å²) in [6.07, 6.45) is 8.79. The Labute approximate surface area is 81.6 Å². The quantitative estimate of drug-likeness (QED) is 0.580. The molecule has 0 N–H and O–H groups in total. The zero-order valence-electron chi connectivity index (χ0n) is 7.44. The first kappa shape index (κ1) is 7.36. The summed E-state index contributed by atoms with van der Waals surface area (Å²) in [5.41, 5.74) is 3.57. The lowest BCUT2D eigenvalue weighted by Crippen LogP contribution is -1.96. The Balaban J connectivity index is 2.40. The van der Waals surface area contributed by atoms with Crippen LogP contribution in [0, 0.1) is 6.08 Å². The highest BCUT2D eigenvalue weighted by atomic mass is 14.8. The standard InChI is InChI=1S/C12H7N2/c1-2-6-10-9(5-1)13-11-7-3-4-8-12(11)14-10/h1-7H/q+1. The number of hydrogen-bond acceptors (Lipinski definition) is 2. The number of rotatable bonds is 0. The molecule has 1 aliphatic rings. The molecule has 0 amide bonds. The maximum absolute atomic E-state index is 4.48. The third kappa shape index (κ3) is 1.02. The lowest BCUT2D eigenvalue weighted by molar-refractivity contribution is 1.20. The molecule has 0 saturated heterocycles. The van der Waals surface area contributed by atoms with Crippen molar-refractivity contribution in [3.05, 3.63) is 53.9 Å². The highest BCUT2D eigenvalue weighted by Gasteiger charge is 2.13. The van der Waals surface area contributed by atoms with E-state index in [9.17, 15) is 0 Å². The molecule has 2 aromatic rings. The molecule has 1 heterocycles. The van der Waals surface area contributed by atoms with Gasteiger partial charge >= 0.3 is 0 Å². The third-order valence-electron chi connectivity index (χ3n) is 2.17. The van der Waals surface area contributed by atoms with Crippen molar-refractivity contribution in [1.82, 2.24) is 9.97 Å². The number of allylic oxidation sites excluding steroid dienone is 2. The van der Waals surface area contributed by atoms with Crippen molar-refractivity contribution in [2.45, 2.75) is 0 Å². The van der Waals surface area contributed by atoms with Gasteiger partial charge in [0.25, 0.3) is 5.69 Å². The summed E-state index contributed by atoms with van der Waals surface area (Å²) >= 11 is 0. The second-order valence-electron chi connectivity index (χ2n) is 3.12. The van der Waals surface area contributed by atoms with E-state index in [4.69, 9.17) is 0 Å². The van der Waals surface area contributed by atoms with E-state index in [0.29, 0.717) is 0 Å². The number of benzene rings is 1. The van der Waals surface area contributed by atoms with Gasteiger partial charge in [0.15, 0.2) is 0 Å². The smallest absolute Gasteiger partial charge is 0.209 e. The van der Waals surface area contributed by atoms with Gasteiger partial charge in [0.05, 0.1) is 23.7 Å². The van der Waals surface area contributed by atoms with Crippen LogP contribution < -0.4 is 0 Å². The van der Waals surface area contributed by atoms with E-state index in [2.05, 4.69) is 16.0 Å². The summed E-state index contributed by atoms with van der Waals surface area (Å²) in [5.74, 6) is 0. The molecule has 3 rings (SSSR count). The largest absolute Gasteiger partial charge is 0.256 e. The molecule has 1 aromatic carbocycles. The minimum Gasteiger partial charge on any atom is -0.209 e. The summed E-state index contributed by atoms with van der Waals surface area (Å²) < 4.78 is 0. The topological polar surface area (TPSA) is 25.8 Å². The van der Waals surface area contributed by atoms with Crippen LogP contribution in [-0.2, 0) is 0 Å². The minimum atomic E-state index is 0.825. The Morgan fingerprint density at radius 2 is 1.79 bits per heavy atom. The Morgan fingerprint density at radius 3 is 2.64 bits per heavy atom. The van der Waals surface area contributed by atoms with Gasteiger partial charge in [0.1, 0.15) is 11.6 Å². The van der Waals surface area contributed by atoms with Crippen molar-refractivity contribution in [3.63, 3.8) is 0 Å². The fourth-order valence-electron chi connectivity index (χ4n) is 1.50. The van der Waals surface area contributed by atoms with E-state index in [-0.39, 0.29) is 0 Å². The summed E-state index contributed by atoms with van der Waals surface area (Å²) in [6, 6.07) is 7.86. The average molecular weight is 179 g/mol. The molecule has 0 atom stereocenters. The third-order valence-corrected chi connectivity index (χ3v) is 2.17. The zero-order valence-corrected chi connectivity index (χ0v) is 7.44. The fraction of sp³-hybridized carbons (Fsp3) is 0. The van der Waals surface area contributed by atoms with Crippen LogP contribution in [-0.4, -0.2) is 9.97 Å². The predicted octanol–water partition coefficient (Wildman–Crippen LogP) is 2.36. The van der Waals surface area contributed by atoms with Gasteiger partial charge in [-0.3, -0.25) is 0 Å². The number of nitrogens with zero attached hydrogens (tertiary/aromatic N) is 2. The van der Waals surface area contributed by atoms with E-state index in [0.717, 1.165) is 22.4 Å². The summed E-state index contributed by atoms with van der Waals surface area (Å²) in [5, 5.41) is 0. The van der Waals surface area contributed by atoms with Crippen molar-refractivity contribution < 1.29 is 0 Å². The van der Waals surface area contributed by atoms with Crippen LogP contribution in [0.1, 0.15) is 11.4 Å². The van der Waals surface area contributed by atoms with Crippen LogP contribution >= 0.6 is 0 Å². The normalized spacial score (nSPS) is 12.6. The van der Waals surface area contributed by atoms with Gasteiger partial charge in [0.2, 0.25) is 5.69 Å². The first-order valence-corrected chi connectivity index (χ1v) is 4.47. The number of hydrogen-bond donors (Lipinski definition) is 0. The van der Waals surface area contributed by atoms with Gasteiger partial charge in [-0.2, -0.15) is 4.98 Å². The first-order chi connectivity index (χ1) is 6.93. The minimum absolute atomic E-state index is 0.825.